The number of hydrogen-bond acceptors (Lipinski definition) is 13. The van der Waals surface area contributed by atoms with Crippen molar-refractivity contribution < 1.29 is 59.1 Å². The van der Waals surface area contributed by atoms with Gasteiger partial charge in [-0.2, -0.15) is 0 Å². The number of nitrogens with zero attached hydrogens (tertiary/aromatic N) is 1. The number of hydrogen-bond donors (Lipinski definition) is 6. The Kier molecular flexibility index (Phi) is 11.2. The van der Waals surface area contributed by atoms with Crippen LogP contribution in [0.1, 0.15) is 5.56 Å². The van der Waals surface area contributed by atoms with E-state index < -0.39 is 49.3 Å². The molecular formula is C22H31NO12S. The van der Waals surface area contributed by atoms with Gasteiger partial charge in [0.25, 0.3) is 0 Å². The van der Waals surface area contributed by atoms with Crippen molar-refractivity contribution in [2.24, 2.45) is 4.99 Å². The number of aliphatic imine (C=N–C) groups is 1. The molecule has 0 saturated carbocycles. The van der Waals surface area contributed by atoms with Gasteiger partial charge in [-0.15, -0.1) is 11.8 Å². The van der Waals surface area contributed by atoms with E-state index in [1.807, 2.05) is 0 Å². The van der Waals surface area contributed by atoms with E-state index >= 15 is 0 Å². The molecule has 13 nitrogen and oxygen atoms in total. The molecule has 0 amide bonds. The van der Waals surface area contributed by atoms with Gasteiger partial charge in [0.1, 0.15) is 47.6 Å². The van der Waals surface area contributed by atoms with Gasteiger partial charge in [-0.3, -0.25) is 4.99 Å². The molecule has 14 heteroatoms. The van der Waals surface area contributed by atoms with Crippen LogP contribution in [0, 0.1) is 0 Å². The van der Waals surface area contributed by atoms with Crippen LogP contribution in [0.4, 0.5) is 0 Å². The van der Waals surface area contributed by atoms with E-state index in [-0.39, 0.29) is 45.4 Å². The Hall–Kier alpha value is -2.01. The van der Waals surface area contributed by atoms with Crippen LogP contribution >= 0.6 is 11.8 Å². The molecule has 0 bridgehead atoms. The molecule has 2 aliphatic heterocycles. The van der Waals surface area contributed by atoms with E-state index in [0.29, 0.717) is 22.1 Å². The average Bonchev–Trinajstić information content (AvgIpc) is 3.35. The minimum atomic E-state index is -1.49. The first-order valence-electron chi connectivity index (χ1n) is 11.3. The molecule has 202 valence electrons. The summed E-state index contributed by atoms with van der Waals surface area (Å²) >= 11 is 1.28. The molecule has 2 heterocycles. The first-order chi connectivity index (χ1) is 17.3. The summed E-state index contributed by atoms with van der Waals surface area (Å²) in [4.78, 5) is 15.1. The van der Waals surface area contributed by atoms with Gasteiger partial charge < -0.3 is 54.3 Å². The van der Waals surface area contributed by atoms with Crippen LogP contribution in [0.5, 0.6) is 11.5 Å². The maximum atomic E-state index is 11.0. The van der Waals surface area contributed by atoms with Gasteiger partial charge in [-0.1, -0.05) is 0 Å². The predicted octanol–water partition coefficient (Wildman–Crippen LogP) is -1.43. The fourth-order valence-electron chi connectivity index (χ4n) is 3.40. The second kappa shape index (κ2) is 14.1. The zero-order valence-corrected chi connectivity index (χ0v) is 20.2. The highest BCUT2D eigenvalue weighted by Gasteiger charge is 2.43. The number of phenols is 1. The van der Waals surface area contributed by atoms with Gasteiger partial charge in [0, 0.05) is 17.4 Å². The normalized spacial score (nSPS) is 28.2. The minimum absolute atomic E-state index is 0.0488. The monoisotopic (exact) mass is 533 g/mol. The molecule has 0 spiro atoms. The molecule has 0 aromatic heterocycles. The number of aromatic hydroxyl groups is 1. The summed E-state index contributed by atoms with van der Waals surface area (Å²) in [7, 11) is 0. The molecule has 1 aromatic carbocycles. The van der Waals surface area contributed by atoms with Crippen molar-refractivity contribution in [3.63, 3.8) is 0 Å². The summed E-state index contributed by atoms with van der Waals surface area (Å²) in [5.74, 6) is -0.289. The van der Waals surface area contributed by atoms with E-state index in [4.69, 9.17) is 33.9 Å². The number of ether oxygens (including phenoxy) is 5. The fourth-order valence-corrected chi connectivity index (χ4v) is 4.46. The quantitative estimate of drug-likeness (QED) is 0.152. The number of rotatable bonds is 14. The van der Waals surface area contributed by atoms with Crippen LogP contribution in [0.3, 0.4) is 0 Å². The second-order valence-electron chi connectivity index (χ2n) is 7.92. The lowest BCUT2D eigenvalue weighted by Crippen LogP contribution is -2.59. The van der Waals surface area contributed by atoms with Crippen LogP contribution in [0.15, 0.2) is 23.2 Å². The molecule has 5 unspecified atom stereocenters. The van der Waals surface area contributed by atoms with Gasteiger partial charge in [0.15, 0.2) is 12.3 Å². The van der Waals surface area contributed by atoms with Crippen LogP contribution in [0.25, 0.3) is 0 Å². The molecule has 0 radical (unpaired) electrons. The van der Waals surface area contributed by atoms with Crippen molar-refractivity contribution in [3.05, 3.63) is 23.8 Å². The summed E-state index contributed by atoms with van der Waals surface area (Å²) in [5, 5.41) is 58.2. The summed E-state index contributed by atoms with van der Waals surface area (Å²) < 4.78 is 26.8. The van der Waals surface area contributed by atoms with E-state index in [0.717, 1.165) is 0 Å². The van der Waals surface area contributed by atoms with E-state index in [1.165, 1.54) is 17.8 Å². The van der Waals surface area contributed by atoms with Gasteiger partial charge in [-0.05, 0) is 12.1 Å². The zero-order valence-electron chi connectivity index (χ0n) is 19.3. The summed E-state index contributed by atoms with van der Waals surface area (Å²) in [6.07, 6.45) is -6.61. The molecule has 6 atom stereocenters. The number of aliphatic carboxylic acids is 1. The summed E-state index contributed by atoms with van der Waals surface area (Å²) in [6.45, 7) is 0.745. The first-order valence-corrected chi connectivity index (χ1v) is 12.3. The maximum absolute atomic E-state index is 11.0. The lowest BCUT2D eigenvalue weighted by molar-refractivity contribution is -0.302. The predicted molar refractivity (Wildman–Crippen MR) is 125 cm³/mol. The Morgan fingerprint density at radius 1 is 1.03 bits per heavy atom. The lowest BCUT2D eigenvalue weighted by Gasteiger charge is -2.39. The standard InChI is InChI=1S/C22H31NO12S/c24-10-16-17(26)18(27)19(28)22(35-16)34-8-6-32-4-3-31-5-7-33-12-1-2-13(15(25)9-12)20-23-14(11-36-20)21(29)30/h1-2,9,14,16-19,22,24-28H,3-8,10-11H2,(H,29,30)/t14-,16?,17?,18?,19?,22?/m1/s1. The number of carbonyl (C=O) groups is 1. The maximum Gasteiger partial charge on any atom is 0.329 e. The van der Waals surface area contributed by atoms with Gasteiger partial charge >= 0.3 is 5.97 Å². The van der Waals surface area contributed by atoms with Crippen molar-refractivity contribution in [2.45, 2.75) is 36.7 Å². The Bertz CT molecular complexity index is 885. The van der Waals surface area contributed by atoms with Crippen LogP contribution < -0.4 is 4.74 Å². The third-order valence-electron chi connectivity index (χ3n) is 5.36. The second-order valence-corrected chi connectivity index (χ2v) is 8.93. The SMILES string of the molecule is O=C(O)[C@H]1CSC(c2ccc(OCCOCCOCCOC3OC(CO)C(O)C(O)C3O)cc2O)=N1. The summed E-state index contributed by atoms with van der Waals surface area (Å²) in [6, 6.07) is 3.91. The largest absolute Gasteiger partial charge is 0.507 e. The van der Waals surface area contributed by atoms with Gasteiger partial charge in [0.05, 0.1) is 39.6 Å². The Labute approximate surface area is 211 Å². The number of carboxylic acids is 1. The Morgan fingerprint density at radius 2 is 1.72 bits per heavy atom. The highest BCUT2D eigenvalue weighted by molar-refractivity contribution is 8.14. The van der Waals surface area contributed by atoms with Crippen LogP contribution in [-0.4, -0.2) is 130 Å². The van der Waals surface area contributed by atoms with Crippen LogP contribution in [-0.2, 0) is 23.7 Å². The van der Waals surface area contributed by atoms with E-state index in [2.05, 4.69) is 4.99 Å². The van der Waals surface area contributed by atoms with Crippen LogP contribution in [0.2, 0.25) is 0 Å². The molecule has 36 heavy (non-hydrogen) atoms. The topological polar surface area (TPSA) is 197 Å². The molecule has 1 saturated heterocycles. The van der Waals surface area contributed by atoms with Gasteiger partial charge in [-0.25, -0.2) is 4.79 Å². The molecule has 6 N–H and O–H groups in total. The van der Waals surface area contributed by atoms with E-state index in [1.54, 1.807) is 12.1 Å². The Balaban J connectivity index is 1.24. The highest BCUT2D eigenvalue weighted by atomic mass is 32.2. The fraction of sp³-hybridized carbons (Fsp3) is 0.636. The van der Waals surface area contributed by atoms with Crippen molar-refractivity contribution in [1.29, 1.82) is 0 Å². The highest BCUT2D eigenvalue weighted by Crippen LogP contribution is 2.31. The molecule has 0 aliphatic carbocycles. The molecule has 2 aliphatic rings. The van der Waals surface area contributed by atoms with Crippen molar-refractivity contribution in [1.82, 2.24) is 0 Å². The number of thioether (sulfide) groups is 1. The van der Waals surface area contributed by atoms with E-state index in [9.17, 15) is 25.2 Å². The molecular weight excluding hydrogens is 502 g/mol. The molecule has 1 aromatic rings. The van der Waals surface area contributed by atoms with Crippen molar-refractivity contribution >= 4 is 22.8 Å². The third kappa shape index (κ3) is 7.74. The number of aliphatic hydroxyl groups excluding tert-OH is 4. The number of phenolic OH excluding ortho intramolecular Hbond substituents is 1. The minimum Gasteiger partial charge on any atom is -0.507 e. The summed E-state index contributed by atoms with van der Waals surface area (Å²) in [5.41, 5.74) is 0.458. The smallest absolute Gasteiger partial charge is 0.329 e. The van der Waals surface area contributed by atoms with Crippen molar-refractivity contribution in [2.75, 3.05) is 52.0 Å². The average molecular weight is 534 g/mol. The lowest BCUT2D eigenvalue weighted by atomic mass is 9.99. The number of carboxylic acid groups (broad SMARTS) is 1. The Morgan fingerprint density at radius 3 is 2.36 bits per heavy atom. The zero-order chi connectivity index (χ0) is 26.1. The number of aliphatic hydroxyl groups is 4. The molecule has 1 fully saturated rings. The third-order valence-corrected chi connectivity index (χ3v) is 6.44. The van der Waals surface area contributed by atoms with Crippen molar-refractivity contribution in [3.8, 4) is 11.5 Å². The van der Waals surface area contributed by atoms with Gasteiger partial charge in [0.2, 0.25) is 0 Å². The number of benzene rings is 1. The molecule has 3 rings (SSSR count). The first kappa shape index (κ1) is 28.6.